The number of hydrogen-bond acceptors (Lipinski definition) is 0. The van der Waals surface area contributed by atoms with Gasteiger partial charge >= 0.3 is 74.4 Å². The third kappa shape index (κ3) is 8.92. The zero-order valence-corrected chi connectivity index (χ0v) is 3.00. The summed E-state index contributed by atoms with van der Waals surface area (Å²) >= 11 is 0. The summed E-state index contributed by atoms with van der Waals surface area (Å²) in [6.07, 6.45) is 0. The second-order valence-corrected chi connectivity index (χ2v) is 0. The van der Waals surface area contributed by atoms with Crippen molar-refractivity contribution in [1.82, 2.24) is 0 Å². The first-order chi connectivity index (χ1) is 0. The van der Waals surface area contributed by atoms with Crippen LogP contribution in [0, 0.1) is 0 Å². The van der Waals surface area contributed by atoms with Crippen LogP contribution in [-0.2, 0) is 0 Å². The molecule has 0 aromatic rings. The van der Waals surface area contributed by atoms with Gasteiger partial charge in [0.1, 0.15) is 0 Å². The second kappa shape index (κ2) is 16.5. The van der Waals surface area contributed by atoms with Gasteiger partial charge in [-0.3, -0.25) is 0 Å². The van der Waals surface area contributed by atoms with Gasteiger partial charge in [-0.15, -0.1) is 0 Å². The van der Waals surface area contributed by atoms with Crippen molar-refractivity contribution in [1.29, 1.82) is 0 Å². The van der Waals surface area contributed by atoms with Gasteiger partial charge < -0.3 is 0 Å². The van der Waals surface area contributed by atoms with Crippen molar-refractivity contribution in [3.63, 3.8) is 0 Å². The molecule has 0 saturated carbocycles. The van der Waals surface area contributed by atoms with Gasteiger partial charge in [-0.05, 0) is 0 Å². The Kier molecular flexibility index (Phi) is 113. The maximum atomic E-state index is 0. The first-order valence-electron chi connectivity index (χ1n) is 0. The Morgan fingerprint density at radius 3 is 0.750 bits per heavy atom. The van der Waals surface area contributed by atoms with E-state index in [1.54, 1.807) is 0 Å². The molecule has 22 valence electrons. The van der Waals surface area contributed by atoms with Crippen molar-refractivity contribution in [3.8, 4) is 0 Å². The van der Waals surface area contributed by atoms with Crippen LogP contribution in [-0.4, -0.2) is 74.4 Å². The molecule has 0 aliphatic heterocycles. The zero-order valence-electron chi connectivity index (χ0n) is 1.00. The Balaban J connectivity index is 0. The van der Waals surface area contributed by atoms with Crippen LogP contribution in [0.5, 0.6) is 0 Å². The summed E-state index contributed by atoms with van der Waals surface area (Å²) in [5.41, 5.74) is 0. The SMILES string of the molecule is S.S.[KH].[MgH2]. The normalized spacial score (nSPS) is 0. The number of hydrogen-bond donors (Lipinski definition) is 0. The predicted octanol–water partition coefficient (Wildman–Crippen LogP) is -1.34. The molecule has 0 radical (unpaired) electrons. The summed E-state index contributed by atoms with van der Waals surface area (Å²) in [5.74, 6) is 0. The fourth-order valence-electron chi connectivity index (χ4n) is 0. The molecule has 0 rings (SSSR count). The van der Waals surface area contributed by atoms with Gasteiger partial charge in [0.25, 0.3) is 0 Å². The molecule has 0 nitrogen and oxygen atoms in total. The summed E-state index contributed by atoms with van der Waals surface area (Å²) in [4.78, 5) is 0. The summed E-state index contributed by atoms with van der Waals surface area (Å²) in [6.45, 7) is 0. The minimum atomic E-state index is 0. The third-order valence-electron chi connectivity index (χ3n) is 0. The maximum Gasteiger partial charge on any atom is 0.316 e. The van der Waals surface area contributed by atoms with E-state index >= 15 is 0 Å². The zero-order chi connectivity index (χ0) is 0. The molecule has 0 aliphatic rings. The molecule has 0 unspecified atom stereocenters. The molecule has 4 heavy (non-hydrogen) atoms. The van der Waals surface area contributed by atoms with Gasteiger partial charge in [0.15, 0.2) is 0 Å². The standard InChI is InChI=1S/K.Mg.2H2S.3H/h;;2*1H2;;;. The van der Waals surface area contributed by atoms with Crippen molar-refractivity contribution in [3.05, 3.63) is 0 Å². The molecule has 0 bridgehead atoms. The van der Waals surface area contributed by atoms with Crippen LogP contribution in [0.25, 0.3) is 0 Å². The maximum absolute atomic E-state index is 0. The summed E-state index contributed by atoms with van der Waals surface area (Å²) in [6, 6.07) is 0. The minimum absolute atomic E-state index is 0. The Bertz CT molecular complexity index is 6.00. The van der Waals surface area contributed by atoms with Gasteiger partial charge in [-0.25, -0.2) is 0 Å². The van der Waals surface area contributed by atoms with Gasteiger partial charge in [0.2, 0.25) is 0 Å². The van der Waals surface area contributed by atoms with E-state index < -0.39 is 0 Å². The monoisotopic (exact) mass is 134 g/mol. The molecule has 0 fully saturated rings. The molecule has 0 aromatic heterocycles. The summed E-state index contributed by atoms with van der Waals surface area (Å²) in [7, 11) is 0. The van der Waals surface area contributed by atoms with Gasteiger partial charge in [0, 0.05) is 0 Å². The molecule has 0 aromatic carbocycles. The summed E-state index contributed by atoms with van der Waals surface area (Å²) < 4.78 is 0. The van der Waals surface area contributed by atoms with Gasteiger partial charge in [-0.1, -0.05) is 0 Å². The van der Waals surface area contributed by atoms with E-state index in [1.807, 2.05) is 0 Å². The number of rotatable bonds is 0. The van der Waals surface area contributed by atoms with E-state index in [0.29, 0.717) is 0 Å². The van der Waals surface area contributed by atoms with Crippen LogP contribution in [0.3, 0.4) is 0 Å². The first kappa shape index (κ1) is 27.5. The topological polar surface area (TPSA) is 0 Å². The minimum Gasteiger partial charge on any atom is 0.316 e. The van der Waals surface area contributed by atoms with Crippen LogP contribution in [0.15, 0.2) is 0 Å². The Labute approximate surface area is 98.9 Å². The second-order valence-electron chi connectivity index (χ2n) is 0. The van der Waals surface area contributed by atoms with Crippen molar-refractivity contribution in [2.45, 2.75) is 0 Å². The molecule has 0 spiro atoms. The Hall–Kier alpha value is 3.10. The fraction of sp³-hybridized carbons (Fsp3) is 0. The molecule has 0 aliphatic carbocycles. The predicted molar refractivity (Wildman–Crippen MR) is 36.5 cm³/mol. The molecule has 0 atom stereocenters. The van der Waals surface area contributed by atoms with E-state index in [2.05, 4.69) is 0 Å². The molecular formula is H7KMgS2. The largest absolute Gasteiger partial charge is 0.316 e. The average molecular weight is 135 g/mol. The van der Waals surface area contributed by atoms with Crippen LogP contribution in [0.2, 0.25) is 0 Å². The van der Waals surface area contributed by atoms with E-state index in [1.165, 1.54) is 0 Å². The molecule has 4 heteroatoms. The third-order valence-corrected chi connectivity index (χ3v) is 0. The van der Waals surface area contributed by atoms with E-state index in [0.717, 1.165) is 0 Å². The van der Waals surface area contributed by atoms with Crippen LogP contribution >= 0.6 is 27.0 Å². The van der Waals surface area contributed by atoms with E-state index in [-0.39, 0.29) is 101 Å². The quantitative estimate of drug-likeness (QED) is 0.360. The molecule has 0 saturated heterocycles. The summed E-state index contributed by atoms with van der Waals surface area (Å²) in [5, 5.41) is 0. The van der Waals surface area contributed by atoms with Crippen molar-refractivity contribution in [2.75, 3.05) is 0 Å². The Morgan fingerprint density at radius 2 is 0.750 bits per heavy atom. The average Bonchev–Trinajstić information content (AvgIpc) is 0. The van der Waals surface area contributed by atoms with Crippen molar-refractivity contribution < 1.29 is 0 Å². The van der Waals surface area contributed by atoms with Crippen LogP contribution in [0.1, 0.15) is 0 Å². The van der Waals surface area contributed by atoms with Crippen molar-refractivity contribution in [2.24, 2.45) is 0 Å². The van der Waals surface area contributed by atoms with E-state index in [9.17, 15) is 0 Å². The smallest absolute Gasteiger partial charge is 0.316 e. The Morgan fingerprint density at radius 1 is 0.750 bits per heavy atom. The first-order valence-corrected chi connectivity index (χ1v) is 0. The molecule has 0 amide bonds. The van der Waals surface area contributed by atoms with E-state index in [4.69, 9.17) is 0 Å². The molecular weight excluding hydrogens is 128 g/mol. The fourth-order valence-corrected chi connectivity index (χ4v) is 0. The van der Waals surface area contributed by atoms with Crippen molar-refractivity contribution >= 4 is 101 Å². The van der Waals surface area contributed by atoms with Gasteiger partial charge in [0.05, 0.1) is 0 Å². The van der Waals surface area contributed by atoms with Crippen LogP contribution < -0.4 is 0 Å². The van der Waals surface area contributed by atoms with Crippen LogP contribution in [0.4, 0.5) is 0 Å². The van der Waals surface area contributed by atoms with Gasteiger partial charge in [-0.2, -0.15) is 27.0 Å². The molecule has 0 heterocycles. The molecule has 0 N–H and O–H groups in total.